The van der Waals surface area contributed by atoms with Crippen LogP contribution in [0.15, 0.2) is 0 Å². The van der Waals surface area contributed by atoms with E-state index in [2.05, 4.69) is 0 Å². The zero-order chi connectivity index (χ0) is 5.70. The number of aliphatic hydroxyl groups is 1. The van der Waals surface area contributed by atoms with Gasteiger partial charge in [-0.1, -0.05) is 0 Å². The van der Waals surface area contributed by atoms with Gasteiger partial charge in [0.15, 0.2) is 0 Å². The van der Waals surface area contributed by atoms with Gasteiger partial charge in [0.25, 0.3) is 0 Å². The Kier molecular flexibility index (Phi) is 3.98. The first-order valence-electron chi connectivity index (χ1n) is 2.37. The summed E-state index contributed by atoms with van der Waals surface area (Å²) in [6, 6.07) is -0.120. The summed E-state index contributed by atoms with van der Waals surface area (Å²) in [5.41, 5.74) is 10.4. The van der Waals surface area contributed by atoms with E-state index < -0.39 is 0 Å². The molecule has 0 aromatic rings. The number of aliphatic hydroxyl groups excluding tert-OH is 1. The Hall–Kier alpha value is -0.120. The van der Waals surface area contributed by atoms with Crippen LogP contribution in [0, 0.1) is 0 Å². The maximum Gasteiger partial charge on any atom is 0.0583 e. The number of nitrogens with two attached hydrogens (primary N) is 2. The molecule has 0 spiro atoms. The van der Waals surface area contributed by atoms with Crippen molar-refractivity contribution in [3.8, 4) is 0 Å². The van der Waals surface area contributed by atoms with Gasteiger partial charge in [-0.2, -0.15) is 0 Å². The van der Waals surface area contributed by atoms with E-state index in [0.29, 0.717) is 13.0 Å². The summed E-state index contributed by atoms with van der Waals surface area (Å²) in [6.45, 7) is 0.596. The van der Waals surface area contributed by atoms with Crippen molar-refractivity contribution in [3.05, 3.63) is 0 Å². The molecular weight excluding hydrogens is 92.1 g/mol. The van der Waals surface area contributed by atoms with E-state index in [-0.39, 0.29) is 12.6 Å². The van der Waals surface area contributed by atoms with Crippen LogP contribution >= 0.6 is 0 Å². The number of rotatable bonds is 3. The molecular formula is C4H12N2O. The third-order valence-corrected chi connectivity index (χ3v) is 0.772. The van der Waals surface area contributed by atoms with Crippen molar-refractivity contribution < 1.29 is 5.11 Å². The lowest BCUT2D eigenvalue weighted by Crippen LogP contribution is -2.27. The lowest BCUT2D eigenvalue weighted by atomic mass is 10.2. The molecule has 0 fully saturated rings. The molecule has 1 atom stereocenters. The molecule has 3 nitrogen and oxygen atoms in total. The topological polar surface area (TPSA) is 72.3 Å². The lowest BCUT2D eigenvalue weighted by molar-refractivity contribution is 0.261. The van der Waals surface area contributed by atoms with Crippen LogP contribution in [0.3, 0.4) is 0 Å². The Bertz CT molecular complexity index is 40.7. The molecule has 0 aliphatic carbocycles. The van der Waals surface area contributed by atoms with Gasteiger partial charge in [0.05, 0.1) is 6.61 Å². The second-order valence-electron chi connectivity index (χ2n) is 1.52. The molecule has 0 aromatic heterocycles. The van der Waals surface area contributed by atoms with Gasteiger partial charge in [0.1, 0.15) is 0 Å². The SMILES string of the molecule is NCCC(N)CO. The van der Waals surface area contributed by atoms with Crippen LogP contribution in [0.25, 0.3) is 0 Å². The van der Waals surface area contributed by atoms with E-state index in [1.165, 1.54) is 0 Å². The lowest BCUT2D eigenvalue weighted by Gasteiger charge is -2.02. The predicted octanol–water partition coefficient (Wildman–Crippen LogP) is -1.35. The first kappa shape index (κ1) is 6.88. The second-order valence-corrected chi connectivity index (χ2v) is 1.52. The molecule has 0 aliphatic heterocycles. The van der Waals surface area contributed by atoms with E-state index in [1.54, 1.807) is 0 Å². The highest BCUT2D eigenvalue weighted by Gasteiger charge is 1.94. The van der Waals surface area contributed by atoms with Crippen LogP contribution in [-0.2, 0) is 0 Å². The second kappa shape index (κ2) is 4.05. The molecule has 0 bridgehead atoms. The summed E-state index contributed by atoms with van der Waals surface area (Å²) < 4.78 is 0. The van der Waals surface area contributed by atoms with Gasteiger partial charge in [-0.25, -0.2) is 0 Å². The Labute approximate surface area is 43.3 Å². The monoisotopic (exact) mass is 104 g/mol. The van der Waals surface area contributed by atoms with Crippen LogP contribution in [0.1, 0.15) is 6.42 Å². The summed E-state index contributed by atoms with van der Waals surface area (Å²) >= 11 is 0. The Balaban J connectivity index is 2.83. The third kappa shape index (κ3) is 3.72. The normalized spacial score (nSPS) is 14.1. The molecule has 0 heterocycles. The molecule has 44 valence electrons. The first-order valence-corrected chi connectivity index (χ1v) is 2.37. The molecule has 0 rings (SSSR count). The molecule has 7 heavy (non-hydrogen) atoms. The smallest absolute Gasteiger partial charge is 0.0583 e. The minimum absolute atomic E-state index is 0.0389. The van der Waals surface area contributed by atoms with Crippen molar-refractivity contribution in [3.63, 3.8) is 0 Å². The number of hydrogen-bond acceptors (Lipinski definition) is 3. The van der Waals surface area contributed by atoms with Crippen LogP contribution in [0.4, 0.5) is 0 Å². The highest BCUT2D eigenvalue weighted by Crippen LogP contribution is 1.79. The molecule has 0 radical (unpaired) electrons. The maximum atomic E-state index is 8.29. The minimum Gasteiger partial charge on any atom is -0.395 e. The predicted molar refractivity (Wildman–Crippen MR) is 28.7 cm³/mol. The van der Waals surface area contributed by atoms with E-state index in [9.17, 15) is 0 Å². The Morgan fingerprint density at radius 3 is 2.29 bits per heavy atom. The Morgan fingerprint density at radius 1 is 1.57 bits per heavy atom. The highest BCUT2D eigenvalue weighted by molar-refractivity contribution is 4.57. The van der Waals surface area contributed by atoms with Crippen LogP contribution < -0.4 is 11.5 Å². The molecule has 0 saturated carbocycles. The first-order chi connectivity index (χ1) is 3.31. The van der Waals surface area contributed by atoms with Crippen molar-refractivity contribution in [1.82, 2.24) is 0 Å². The number of hydrogen-bond donors (Lipinski definition) is 3. The largest absolute Gasteiger partial charge is 0.395 e. The summed E-state index contributed by atoms with van der Waals surface area (Å²) in [5.74, 6) is 0. The van der Waals surface area contributed by atoms with Crippen LogP contribution in [0.2, 0.25) is 0 Å². The fourth-order valence-corrected chi connectivity index (χ4v) is 0.305. The zero-order valence-electron chi connectivity index (χ0n) is 4.30. The highest BCUT2D eigenvalue weighted by atomic mass is 16.3. The fourth-order valence-electron chi connectivity index (χ4n) is 0.305. The molecule has 5 N–H and O–H groups in total. The van der Waals surface area contributed by atoms with Gasteiger partial charge in [-0.3, -0.25) is 0 Å². The van der Waals surface area contributed by atoms with E-state index >= 15 is 0 Å². The van der Waals surface area contributed by atoms with Gasteiger partial charge in [-0.15, -0.1) is 0 Å². The van der Waals surface area contributed by atoms with Crippen LogP contribution in [0.5, 0.6) is 0 Å². The van der Waals surface area contributed by atoms with Gasteiger partial charge < -0.3 is 16.6 Å². The molecule has 0 aliphatic rings. The maximum absolute atomic E-state index is 8.29. The molecule has 0 aromatic carbocycles. The van der Waals surface area contributed by atoms with E-state index in [0.717, 1.165) is 0 Å². The van der Waals surface area contributed by atoms with Crippen molar-refractivity contribution in [2.45, 2.75) is 12.5 Å². The Morgan fingerprint density at radius 2 is 2.14 bits per heavy atom. The summed E-state index contributed by atoms with van der Waals surface area (Å²) in [4.78, 5) is 0. The van der Waals surface area contributed by atoms with E-state index in [4.69, 9.17) is 16.6 Å². The van der Waals surface area contributed by atoms with Crippen molar-refractivity contribution >= 4 is 0 Å². The van der Waals surface area contributed by atoms with E-state index in [1.807, 2.05) is 0 Å². The van der Waals surface area contributed by atoms with Crippen molar-refractivity contribution in [2.24, 2.45) is 11.5 Å². The van der Waals surface area contributed by atoms with Gasteiger partial charge in [-0.05, 0) is 13.0 Å². The van der Waals surface area contributed by atoms with Crippen LogP contribution in [-0.4, -0.2) is 24.3 Å². The molecule has 3 heteroatoms. The summed E-state index contributed by atoms with van der Waals surface area (Å²) in [5, 5.41) is 8.29. The standard InChI is InChI=1S/C4H12N2O/c5-2-1-4(6)3-7/h4,7H,1-3,5-6H2. The van der Waals surface area contributed by atoms with Gasteiger partial charge in [0.2, 0.25) is 0 Å². The van der Waals surface area contributed by atoms with Crippen molar-refractivity contribution in [1.29, 1.82) is 0 Å². The van der Waals surface area contributed by atoms with Gasteiger partial charge in [0, 0.05) is 6.04 Å². The minimum atomic E-state index is -0.120. The molecule has 0 saturated heterocycles. The average Bonchev–Trinajstić information content (AvgIpc) is 1.68. The fraction of sp³-hybridized carbons (Fsp3) is 1.00. The summed E-state index contributed by atoms with van der Waals surface area (Å²) in [7, 11) is 0. The quantitative estimate of drug-likeness (QED) is 0.414. The van der Waals surface area contributed by atoms with Gasteiger partial charge >= 0.3 is 0 Å². The zero-order valence-corrected chi connectivity index (χ0v) is 4.30. The summed E-state index contributed by atoms with van der Waals surface area (Å²) in [6.07, 6.45) is 0.705. The molecule has 1 unspecified atom stereocenters. The molecule has 0 amide bonds. The van der Waals surface area contributed by atoms with Crippen molar-refractivity contribution in [2.75, 3.05) is 13.2 Å². The average molecular weight is 104 g/mol. The third-order valence-electron chi connectivity index (χ3n) is 0.772.